The number of fused-ring (bicyclic) bond motifs is 1. The highest BCUT2D eigenvalue weighted by molar-refractivity contribution is 5.98. The van der Waals surface area contributed by atoms with Crippen LogP contribution in [0.15, 0.2) is 72.2 Å². The van der Waals surface area contributed by atoms with Gasteiger partial charge in [-0.2, -0.15) is 0 Å². The van der Waals surface area contributed by atoms with E-state index in [2.05, 4.69) is 57.2 Å². The number of aliphatic hydroxyl groups is 1. The molecule has 8 amide bonds. The number of aliphatic imine (C=N–C) groups is 1. The van der Waals surface area contributed by atoms with E-state index in [4.69, 9.17) is 17.2 Å². The van der Waals surface area contributed by atoms with Crippen LogP contribution in [0.1, 0.15) is 90.0 Å². The number of phenolic OH excluding ortho intramolecular Hbond substituents is 1. The van der Waals surface area contributed by atoms with Crippen molar-refractivity contribution in [3.8, 4) is 5.75 Å². The lowest BCUT2D eigenvalue weighted by Crippen LogP contribution is -2.61. The molecular weight excluding hydrogens is 1020 g/mol. The number of phenols is 1. The van der Waals surface area contributed by atoms with Crippen molar-refractivity contribution in [2.75, 3.05) is 26.2 Å². The number of rotatable bonds is 30. The summed E-state index contributed by atoms with van der Waals surface area (Å²) < 4.78 is 0. The second-order valence-corrected chi connectivity index (χ2v) is 20.7. The average molecular weight is 1100 g/mol. The van der Waals surface area contributed by atoms with Crippen LogP contribution in [0, 0.1) is 11.8 Å². The molecule has 1 aliphatic rings. The maximum absolute atomic E-state index is 14.5. The molecule has 1 aliphatic heterocycles. The van der Waals surface area contributed by atoms with E-state index in [1.807, 2.05) is 52.0 Å². The van der Waals surface area contributed by atoms with Gasteiger partial charge in [-0.1, -0.05) is 58.0 Å². The number of guanidine groups is 1. The Morgan fingerprint density at radius 2 is 1.30 bits per heavy atom. The van der Waals surface area contributed by atoms with Gasteiger partial charge in [0, 0.05) is 67.9 Å². The fourth-order valence-electron chi connectivity index (χ4n) is 9.33. The second-order valence-electron chi connectivity index (χ2n) is 20.7. The molecule has 0 spiro atoms. The van der Waals surface area contributed by atoms with E-state index in [1.54, 1.807) is 13.1 Å². The number of nitrogens with two attached hydrogens (primary N) is 3. The van der Waals surface area contributed by atoms with Gasteiger partial charge in [0.2, 0.25) is 47.3 Å². The average Bonchev–Trinajstić information content (AvgIpc) is 4.26. The number of aliphatic hydroxyl groups excluding tert-OH is 1. The smallest absolute Gasteiger partial charge is 0.245 e. The largest absolute Gasteiger partial charge is 0.508 e. The van der Waals surface area contributed by atoms with Crippen LogP contribution in [-0.4, -0.2) is 158 Å². The number of hydrogen-bond acceptors (Lipinski definition) is 13. The Kier molecular flexibility index (Phi) is 23.6. The number of carbonyl (C=O) groups excluding carboxylic acids is 8. The van der Waals surface area contributed by atoms with Gasteiger partial charge in [-0.05, 0) is 86.6 Å². The molecule has 0 aliphatic carbocycles. The van der Waals surface area contributed by atoms with Gasteiger partial charge in [0.25, 0.3) is 0 Å². The Hall–Kier alpha value is -8.06. The molecular formula is C54H79N15O10. The van der Waals surface area contributed by atoms with Crippen molar-refractivity contribution in [3.05, 3.63) is 84.1 Å². The summed E-state index contributed by atoms with van der Waals surface area (Å²) >= 11 is 0. The number of likely N-dealkylation sites (tertiary alicyclic amines) is 1. The van der Waals surface area contributed by atoms with Crippen molar-refractivity contribution >= 4 is 64.1 Å². The molecule has 79 heavy (non-hydrogen) atoms. The third-order valence-electron chi connectivity index (χ3n) is 13.3. The van der Waals surface area contributed by atoms with Crippen LogP contribution >= 0.6 is 0 Å². The number of H-pyrrole nitrogens is 2. The minimum Gasteiger partial charge on any atom is -0.508 e. The maximum atomic E-state index is 14.5. The summed E-state index contributed by atoms with van der Waals surface area (Å²) in [5.41, 5.74) is 19.8. The Morgan fingerprint density at radius 3 is 1.90 bits per heavy atom. The van der Waals surface area contributed by atoms with Gasteiger partial charge in [0.1, 0.15) is 48.0 Å². The number of hydrogen-bond donors (Lipinski definition) is 14. The summed E-state index contributed by atoms with van der Waals surface area (Å²) in [6.07, 6.45) is 6.07. The molecule has 0 bridgehead atoms. The lowest BCUT2D eigenvalue weighted by Gasteiger charge is -2.31. The van der Waals surface area contributed by atoms with Gasteiger partial charge < -0.3 is 79.5 Å². The Balaban J connectivity index is 1.36. The van der Waals surface area contributed by atoms with Gasteiger partial charge in [-0.25, -0.2) is 4.98 Å². The number of aromatic nitrogens is 3. The first-order chi connectivity index (χ1) is 37.7. The predicted octanol–water partition coefficient (Wildman–Crippen LogP) is -0.874. The third-order valence-corrected chi connectivity index (χ3v) is 13.3. The van der Waals surface area contributed by atoms with Gasteiger partial charge in [-0.3, -0.25) is 43.3 Å². The molecule has 1 fully saturated rings. The Labute approximate surface area is 459 Å². The Bertz CT molecular complexity index is 2710. The molecule has 430 valence electrons. The summed E-state index contributed by atoms with van der Waals surface area (Å²) in [5, 5.41) is 40.4. The summed E-state index contributed by atoms with van der Waals surface area (Å²) in [4.78, 5) is 128. The predicted molar refractivity (Wildman–Crippen MR) is 295 cm³/mol. The van der Waals surface area contributed by atoms with Crippen molar-refractivity contribution in [1.82, 2.24) is 57.1 Å². The highest BCUT2D eigenvalue weighted by atomic mass is 16.3. The Morgan fingerprint density at radius 1 is 0.734 bits per heavy atom. The molecule has 0 unspecified atom stereocenters. The number of para-hydroxylation sites is 1. The summed E-state index contributed by atoms with van der Waals surface area (Å²) in [5.74, 6) is -6.13. The van der Waals surface area contributed by atoms with Crippen LogP contribution < -0.4 is 54.4 Å². The third kappa shape index (κ3) is 18.8. The fraction of sp³-hybridized carbons (Fsp3) is 0.519. The van der Waals surface area contributed by atoms with E-state index < -0.39 is 96.3 Å². The molecule has 2 aromatic carbocycles. The molecule has 4 aromatic rings. The van der Waals surface area contributed by atoms with E-state index in [0.717, 1.165) is 10.9 Å². The normalized spacial score (nSPS) is 15.9. The van der Waals surface area contributed by atoms with Crippen LogP contribution in [0.4, 0.5) is 0 Å². The van der Waals surface area contributed by atoms with Crippen LogP contribution in [0.5, 0.6) is 5.75 Å². The van der Waals surface area contributed by atoms with Gasteiger partial charge in [0.05, 0.1) is 19.0 Å². The van der Waals surface area contributed by atoms with E-state index in [9.17, 15) is 48.6 Å². The minimum absolute atomic E-state index is 0.0549. The molecule has 1 saturated heterocycles. The molecule has 17 N–H and O–H groups in total. The number of nitrogens with one attached hydrogen (secondary N) is 9. The number of imidazole rings is 1. The number of aromatic hydroxyl groups is 1. The number of carbonyl (C=O) groups is 8. The quantitative estimate of drug-likeness (QED) is 0.0172. The molecule has 8 atom stereocenters. The minimum atomic E-state index is -1.67. The van der Waals surface area contributed by atoms with Gasteiger partial charge in [-0.15, -0.1) is 0 Å². The van der Waals surface area contributed by atoms with Crippen molar-refractivity contribution in [3.63, 3.8) is 0 Å². The monoisotopic (exact) mass is 1100 g/mol. The molecule has 2 aromatic heterocycles. The first kappa shape index (κ1) is 61.8. The summed E-state index contributed by atoms with van der Waals surface area (Å²) in [6.45, 7) is 8.98. The summed E-state index contributed by atoms with van der Waals surface area (Å²) in [6, 6.07) is 3.27. The van der Waals surface area contributed by atoms with E-state index in [0.29, 0.717) is 49.2 Å². The van der Waals surface area contributed by atoms with Gasteiger partial charge in [0.15, 0.2) is 5.96 Å². The zero-order valence-corrected chi connectivity index (χ0v) is 45.6. The first-order valence-corrected chi connectivity index (χ1v) is 26.8. The topological polar surface area (TPSA) is 399 Å². The highest BCUT2D eigenvalue weighted by Crippen LogP contribution is 2.22. The lowest BCUT2D eigenvalue weighted by atomic mass is 9.98. The van der Waals surface area contributed by atoms with Crippen molar-refractivity contribution in [2.45, 2.75) is 141 Å². The van der Waals surface area contributed by atoms with Gasteiger partial charge >= 0.3 is 0 Å². The second kappa shape index (κ2) is 30.2. The number of aromatic amines is 2. The highest BCUT2D eigenvalue weighted by Gasteiger charge is 2.39. The first-order valence-electron chi connectivity index (χ1n) is 26.8. The van der Waals surface area contributed by atoms with E-state index >= 15 is 0 Å². The zero-order valence-electron chi connectivity index (χ0n) is 45.6. The van der Waals surface area contributed by atoms with Crippen LogP contribution in [-0.2, 0) is 57.6 Å². The van der Waals surface area contributed by atoms with Crippen LogP contribution in [0.25, 0.3) is 10.9 Å². The van der Waals surface area contributed by atoms with Crippen LogP contribution in [0.2, 0.25) is 0 Å². The number of nitrogens with zero attached hydrogens (tertiary/aromatic N) is 3. The standard InChI is InChI=1S/C54H79N15O10/c1-6-59-52(78)45-14-10-20-69(45)53(79)39(13-9-19-60-54(56)57)63-47(73)40(21-30(2)3)65-48(74)41(22-31(4)5)66-49(75)42(23-32-15-17-35(71)18-16-32)67-51(77)44(28-70)68-50(76)43(24-33-26-61-38-12-8-7-11-36(33)38)64-46(72)37(55)25-34-27-58-29-62-34/h7-8,11-12,15-18,26-27,29-31,37,39-45,61,70-71H,6,9-10,13-14,19-25,28,55H2,1-5H3,(H,58,62)(H,59,78)(H,63,73)(H,64,72)(H,65,74)(H,66,75)(H,67,77)(H,68,76)(H4,56,57,60)/t37-,39-,40-,41+,42-,43-,44-,45-/m0/s1. The zero-order chi connectivity index (χ0) is 57.8. The lowest BCUT2D eigenvalue weighted by molar-refractivity contribution is -0.142. The molecule has 25 heteroatoms. The molecule has 5 rings (SSSR count). The summed E-state index contributed by atoms with van der Waals surface area (Å²) in [7, 11) is 0. The molecule has 3 heterocycles. The number of likely N-dealkylation sites (N-methyl/N-ethyl adjacent to an activating group) is 1. The maximum Gasteiger partial charge on any atom is 0.245 e. The van der Waals surface area contributed by atoms with Crippen LogP contribution in [0.3, 0.4) is 0 Å². The van der Waals surface area contributed by atoms with Crippen molar-refractivity contribution in [1.29, 1.82) is 0 Å². The fourth-order valence-corrected chi connectivity index (χ4v) is 9.33. The van der Waals surface area contributed by atoms with E-state index in [-0.39, 0.29) is 74.5 Å². The number of amides is 8. The molecule has 0 radical (unpaired) electrons. The van der Waals surface area contributed by atoms with Crippen molar-refractivity contribution < 1.29 is 48.6 Å². The SMILES string of the molecule is CCNC(=O)[C@@H]1CCCN1C(=O)[C@H](CCCN=C(N)N)NC(=O)[C@H](CC(C)C)NC(=O)[C@@H](CC(C)C)NC(=O)[C@H](Cc1ccc(O)cc1)NC(=O)[C@H](CO)NC(=O)[C@H](Cc1c[nH]c2ccccc12)NC(=O)[C@@H](N)Cc1cnc[nH]1. The molecule has 25 nitrogen and oxygen atoms in total. The molecule has 0 saturated carbocycles. The van der Waals surface area contributed by atoms with Crippen molar-refractivity contribution in [2.24, 2.45) is 34.0 Å². The van der Waals surface area contributed by atoms with E-state index in [1.165, 1.54) is 41.7 Å². The number of benzene rings is 2.